The minimum Gasteiger partial charge on any atom is -0.494 e. The smallest absolute Gasteiger partial charge is 0.420 e. The van der Waals surface area contributed by atoms with Gasteiger partial charge in [0, 0.05) is 12.6 Å². The first-order valence-electron chi connectivity index (χ1n) is 15.6. The summed E-state index contributed by atoms with van der Waals surface area (Å²) >= 11 is 0. The van der Waals surface area contributed by atoms with Crippen molar-refractivity contribution in [1.82, 2.24) is 19.5 Å². The topological polar surface area (TPSA) is 128 Å². The number of likely N-dealkylation sites (tertiary alicyclic amines) is 1. The Morgan fingerprint density at radius 1 is 1.09 bits per heavy atom. The van der Waals surface area contributed by atoms with E-state index in [0.717, 1.165) is 11.1 Å². The molecule has 12 heteroatoms. The molecule has 248 valence electrons. The average Bonchev–Trinajstić information content (AvgIpc) is 3.51. The van der Waals surface area contributed by atoms with E-state index >= 15 is 0 Å². The van der Waals surface area contributed by atoms with E-state index in [9.17, 15) is 14.7 Å². The lowest BCUT2D eigenvalue weighted by Gasteiger charge is -2.34. The standard InChI is InChI=1S/C35H41N5O7/c1-6-44-28-14-12-27(13-15-28)39(34(43)47-35(3,4)5)32-24(2)31(37-30-16-19-36-40(30)32)46-29-22-38(20-17-26(29)18-21-41)33(42)45-23-25-10-8-7-9-11-25/h7-16,18-19,29,41H,6,17,20-23H2,1-5H3/b26-18-/t29-/m1/s1. The summed E-state index contributed by atoms with van der Waals surface area (Å²) in [5.41, 5.74) is 2.39. The van der Waals surface area contributed by atoms with Crippen LogP contribution in [-0.2, 0) is 16.1 Å². The van der Waals surface area contributed by atoms with Crippen LogP contribution < -0.4 is 14.4 Å². The number of carbonyl (C=O) groups is 2. The van der Waals surface area contributed by atoms with Crippen molar-refractivity contribution < 1.29 is 33.6 Å². The fraction of sp³-hybridized carbons (Fsp3) is 0.371. The van der Waals surface area contributed by atoms with Crippen LogP contribution in [0.5, 0.6) is 11.6 Å². The van der Waals surface area contributed by atoms with Crippen LogP contribution >= 0.6 is 0 Å². The lowest BCUT2D eigenvalue weighted by molar-refractivity contribution is 0.0595. The summed E-state index contributed by atoms with van der Waals surface area (Å²) in [6, 6.07) is 18.3. The number of hydrogen-bond acceptors (Lipinski definition) is 9. The number of ether oxygens (including phenoxy) is 4. The largest absolute Gasteiger partial charge is 0.494 e. The number of amides is 2. The molecule has 2 aromatic heterocycles. The number of piperidine rings is 1. The highest BCUT2D eigenvalue weighted by atomic mass is 16.6. The van der Waals surface area contributed by atoms with E-state index in [-0.39, 0.29) is 25.6 Å². The molecule has 1 N–H and O–H groups in total. The van der Waals surface area contributed by atoms with Crippen molar-refractivity contribution >= 4 is 29.3 Å². The van der Waals surface area contributed by atoms with Gasteiger partial charge in [-0.05, 0) is 76.4 Å². The van der Waals surface area contributed by atoms with Crippen LogP contribution in [0.25, 0.3) is 5.65 Å². The predicted molar refractivity (Wildman–Crippen MR) is 176 cm³/mol. The lowest BCUT2D eigenvalue weighted by atomic mass is 10.0. The molecule has 1 aliphatic rings. The molecular formula is C35H41N5O7. The van der Waals surface area contributed by atoms with E-state index in [1.54, 1.807) is 79.7 Å². The van der Waals surface area contributed by atoms with E-state index in [4.69, 9.17) is 23.9 Å². The van der Waals surface area contributed by atoms with Gasteiger partial charge in [-0.15, -0.1) is 0 Å². The number of aliphatic hydroxyl groups excluding tert-OH is 1. The van der Waals surface area contributed by atoms with E-state index in [1.165, 1.54) is 4.90 Å². The van der Waals surface area contributed by atoms with E-state index < -0.39 is 23.9 Å². The predicted octanol–water partition coefficient (Wildman–Crippen LogP) is 6.22. The van der Waals surface area contributed by atoms with Crippen molar-refractivity contribution in [2.75, 3.05) is 31.2 Å². The van der Waals surface area contributed by atoms with Crippen molar-refractivity contribution in [2.24, 2.45) is 0 Å². The van der Waals surface area contributed by atoms with E-state index in [0.29, 0.717) is 48.0 Å². The fourth-order valence-electron chi connectivity index (χ4n) is 5.25. The third-order valence-corrected chi connectivity index (χ3v) is 7.43. The van der Waals surface area contributed by atoms with Crippen molar-refractivity contribution in [1.29, 1.82) is 0 Å². The van der Waals surface area contributed by atoms with Crippen molar-refractivity contribution in [2.45, 2.75) is 59.4 Å². The van der Waals surface area contributed by atoms with Gasteiger partial charge in [0.25, 0.3) is 0 Å². The zero-order chi connectivity index (χ0) is 33.6. The number of benzene rings is 2. The Hall–Kier alpha value is -5.10. The van der Waals surface area contributed by atoms with Gasteiger partial charge >= 0.3 is 12.2 Å². The first-order chi connectivity index (χ1) is 22.6. The number of carbonyl (C=O) groups excluding carboxylic acids is 2. The zero-order valence-electron chi connectivity index (χ0n) is 27.4. The monoisotopic (exact) mass is 643 g/mol. The molecule has 1 saturated heterocycles. The minimum atomic E-state index is -0.783. The van der Waals surface area contributed by atoms with Gasteiger partial charge in [-0.3, -0.25) is 0 Å². The molecule has 1 aliphatic heterocycles. The molecule has 2 aromatic carbocycles. The van der Waals surface area contributed by atoms with Crippen LogP contribution in [0.15, 0.2) is 78.5 Å². The Labute approximate surface area is 274 Å². The molecule has 1 atom stereocenters. The number of rotatable bonds is 9. The number of hydrogen-bond donors (Lipinski definition) is 1. The molecule has 5 rings (SSSR count). The van der Waals surface area contributed by atoms with Gasteiger partial charge in [0.1, 0.15) is 24.1 Å². The molecule has 3 heterocycles. The second-order valence-electron chi connectivity index (χ2n) is 12.0. The van der Waals surface area contributed by atoms with E-state index in [1.807, 2.05) is 37.3 Å². The van der Waals surface area contributed by atoms with Crippen LogP contribution in [0.2, 0.25) is 0 Å². The molecule has 0 unspecified atom stereocenters. The van der Waals surface area contributed by atoms with Gasteiger partial charge in [-0.1, -0.05) is 36.4 Å². The van der Waals surface area contributed by atoms with Gasteiger partial charge in [0.2, 0.25) is 5.88 Å². The van der Waals surface area contributed by atoms with Crippen LogP contribution in [0.1, 0.15) is 45.2 Å². The quantitative estimate of drug-likeness (QED) is 0.212. The summed E-state index contributed by atoms with van der Waals surface area (Å²) < 4.78 is 25.2. The molecule has 0 bridgehead atoms. The molecule has 4 aromatic rings. The van der Waals surface area contributed by atoms with Crippen LogP contribution in [0.4, 0.5) is 21.1 Å². The molecule has 2 amide bonds. The molecule has 0 spiro atoms. The molecular weight excluding hydrogens is 602 g/mol. The molecule has 47 heavy (non-hydrogen) atoms. The van der Waals surface area contributed by atoms with Crippen molar-refractivity contribution in [3.05, 3.63) is 89.6 Å². The first kappa shape index (κ1) is 33.3. The highest BCUT2D eigenvalue weighted by Gasteiger charge is 2.33. The maximum absolute atomic E-state index is 13.9. The van der Waals surface area contributed by atoms with Gasteiger partial charge in [0.15, 0.2) is 11.5 Å². The molecule has 0 radical (unpaired) electrons. The SMILES string of the molecule is CCOc1ccc(N(C(=O)OC(C)(C)C)c2c(C)c(O[C@@H]3CN(C(=O)OCc4ccccc4)CC/C3=C/CO)nc3ccnn23)cc1. The summed E-state index contributed by atoms with van der Waals surface area (Å²) in [7, 11) is 0. The summed E-state index contributed by atoms with van der Waals surface area (Å²) in [6.07, 6.45) is 2.03. The summed E-state index contributed by atoms with van der Waals surface area (Å²) in [5.74, 6) is 1.27. The summed E-state index contributed by atoms with van der Waals surface area (Å²) in [6.45, 7) is 10.1. The number of nitrogens with zero attached hydrogens (tertiary/aromatic N) is 5. The highest BCUT2D eigenvalue weighted by molar-refractivity contribution is 5.96. The second kappa shape index (κ2) is 14.5. The average molecular weight is 644 g/mol. The molecule has 0 aliphatic carbocycles. The van der Waals surface area contributed by atoms with Crippen molar-refractivity contribution in [3.8, 4) is 11.6 Å². The second-order valence-corrected chi connectivity index (χ2v) is 12.0. The zero-order valence-corrected chi connectivity index (χ0v) is 27.4. The van der Waals surface area contributed by atoms with Crippen LogP contribution in [0, 0.1) is 6.92 Å². The Bertz CT molecular complexity index is 1710. The first-order valence-corrected chi connectivity index (χ1v) is 15.6. The Balaban J connectivity index is 1.50. The third kappa shape index (κ3) is 8.01. The Morgan fingerprint density at radius 3 is 2.51 bits per heavy atom. The Morgan fingerprint density at radius 2 is 1.83 bits per heavy atom. The minimum absolute atomic E-state index is 0.148. The highest BCUT2D eigenvalue weighted by Crippen LogP contribution is 2.36. The molecule has 12 nitrogen and oxygen atoms in total. The number of aromatic nitrogens is 3. The lowest BCUT2D eigenvalue weighted by Crippen LogP contribution is -2.46. The van der Waals surface area contributed by atoms with Crippen molar-refractivity contribution in [3.63, 3.8) is 0 Å². The normalized spacial score (nSPS) is 15.8. The van der Waals surface area contributed by atoms with E-state index in [2.05, 4.69) is 5.10 Å². The van der Waals surface area contributed by atoms with Crippen LogP contribution in [-0.4, -0.2) is 74.8 Å². The molecule has 0 saturated carbocycles. The molecule has 1 fully saturated rings. The van der Waals surface area contributed by atoms with Gasteiger partial charge in [0.05, 0.1) is 37.2 Å². The van der Waals surface area contributed by atoms with Gasteiger partial charge in [-0.25, -0.2) is 14.5 Å². The maximum Gasteiger partial charge on any atom is 0.420 e. The maximum atomic E-state index is 13.9. The van der Waals surface area contributed by atoms with Crippen LogP contribution in [0.3, 0.4) is 0 Å². The number of aliphatic hydroxyl groups is 1. The van der Waals surface area contributed by atoms with Gasteiger partial charge in [-0.2, -0.15) is 14.6 Å². The fourth-order valence-corrected chi connectivity index (χ4v) is 5.25. The number of anilines is 2. The Kier molecular flexibility index (Phi) is 10.3. The third-order valence-electron chi connectivity index (χ3n) is 7.43. The number of fused-ring (bicyclic) bond motifs is 1. The van der Waals surface area contributed by atoms with Gasteiger partial charge < -0.3 is 29.0 Å². The summed E-state index contributed by atoms with van der Waals surface area (Å²) in [4.78, 5) is 34.7. The summed E-state index contributed by atoms with van der Waals surface area (Å²) in [5, 5.41) is 14.2.